The molecule has 0 amide bonds. The Morgan fingerprint density at radius 3 is 2.33 bits per heavy atom. The van der Waals surface area contributed by atoms with E-state index in [1.165, 1.54) is 0 Å². The fraction of sp³-hybridized carbons (Fsp3) is 0.158. The van der Waals surface area contributed by atoms with E-state index >= 15 is 0 Å². The second-order valence-electron chi connectivity index (χ2n) is 5.54. The summed E-state index contributed by atoms with van der Waals surface area (Å²) in [7, 11) is 0. The van der Waals surface area contributed by atoms with Gasteiger partial charge in [-0.15, -0.1) is 0 Å². The third-order valence-corrected chi connectivity index (χ3v) is 4.02. The number of anilines is 1. The van der Waals surface area contributed by atoms with Crippen LogP contribution in [-0.4, -0.2) is 16.6 Å². The van der Waals surface area contributed by atoms with Gasteiger partial charge in [-0.05, 0) is 10.9 Å². The van der Waals surface area contributed by atoms with Gasteiger partial charge < -0.3 is 10.4 Å². The number of hydrogen-bond donors (Lipinski definition) is 2. The molecule has 0 aliphatic heterocycles. The van der Waals surface area contributed by atoms with Crippen molar-refractivity contribution in [3.05, 3.63) is 81.9 Å². The van der Waals surface area contributed by atoms with Gasteiger partial charge in [0.25, 0.3) is 5.69 Å². The Morgan fingerprint density at radius 2 is 1.67 bits per heavy atom. The van der Waals surface area contributed by atoms with Crippen molar-refractivity contribution in [3.63, 3.8) is 0 Å². The predicted octanol–water partition coefficient (Wildman–Crippen LogP) is 3.89. The maximum absolute atomic E-state index is 11.5. The molecule has 0 aromatic heterocycles. The van der Waals surface area contributed by atoms with Crippen LogP contribution in [0.3, 0.4) is 0 Å². The van der Waals surface area contributed by atoms with Crippen molar-refractivity contribution in [2.24, 2.45) is 0 Å². The summed E-state index contributed by atoms with van der Waals surface area (Å²) in [5.74, 6) is 0. The maximum atomic E-state index is 11.5. The molecule has 0 saturated carbocycles. The molecule has 3 aromatic carbocycles. The highest BCUT2D eigenvalue weighted by atomic mass is 16.6. The van der Waals surface area contributed by atoms with E-state index in [9.17, 15) is 15.2 Å². The quantitative estimate of drug-likeness (QED) is 0.533. The fourth-order valence-electron chi connectivity index (χ4n) is 2.90. The van der Waals surface area contributed by atoms with E-state index in [-0.39, 0.29) is 23.6 Å². The molecule has 0 heterocycles. The molecule has 0 saturated heterocycles. The molecule has 0 atom stereocenters. The molecule has 0 unspecified atom stereocenters. The Morgan fingerprint density at radius 1 is 1.00 bits per heavy atom. The lowest BCUT2D eigenvalue weighted by atomic mass is 9.98. The van der Waals surface area contributed by atoms with Crippen LogP contribution in [0, 0.1) is 10.1 Å². The molecule has 0 aliphatic rings. The van der Waals surface area contributed by atoms with Gasteiger partial charge >= 0.3 is 0 Å². The normalized spacial score (nSPS) is 10.7. The van der Waals surface area contributed by atoms with Crippen LogP contribution in [0.5, 0.6) is 0 Å². The van der Waals surface area contributed by atoms with Crippen LogP contribution in [0.2, 0.25) is 0 Å². The topological polar surface area (TPSA) is 75.4 Å². The van der Waals surface area contributed by atoms with Crippen molar-refractivity contribution in [2.45, 2.75) is 13.0 Å². The molecule has 5 heteroatoms. The lowest BCUT2D eigenvalue weighted by Crippen LogP contribution is -2.04. The number of fused-ring (bicyclic) bond motifs is 1. The first-order valence-corrected chi connectivity index (χ1v) is 7.78. The monoisotopic (exact) mass is 322 g/mol. The van der Waals surface area contributed by atoms with Crippen LogP contribution in [0.4, 0.5) is 11.4 Å². The minimum absolute atomic E-state index is 0.0401. The number of rotatable bonds is 6. The molecule has 0 radical (unpaired) electrons. The average Bonchev–Trinajstić information content (AvgIpc) is 2.61. The molecular formula is C19H18N2O3. The van der Waals surface area contributed by atoms with E-state index in [0.717, 1.165) is 22.0 Å². The van der Waals surface area contributed by atoms with Crippen LogP contribution in [0.15, 0.2) is 60.7 Å². The van der Waals surface area contributed by atoms with Crippen LogP contribution in [0.25, 0.3) is 10.8 Å². The van der Waals surface area contributed by atoms with Gasteiger partial charge in [-0.25, -0.2) is 0 Å². The zero-order valence-electron chi connectivity index (χ0n) is 13.1. The maximum Gasteiger partial charge on any atom is 0.275 e. The van der Waals surface area contributed by atoms with Gasteiger partial charge in [0.2, 0.25) is 0 Å². The third kappa shape index (κ3) is 3.21. The first-order valence-electron chi connectivity index (χ1n) is 7.78. The summed E-state index contributed by atoms with van der Waals surface area (Å²) >= 11 is 0. The third-order valence-electron chi connectivity index (χ3n) is 4.02. The molecule has 2 N–H and O–H groups in total. The molecule has 5 nitrogen and oxygen atoms in total. The second kappa shape index (κ2) is 7.10. The number of hydrogen-bond acceptors (Lipinski definition) is 4. The standard InChI is InChI=1S/C19H18N2O3/c22-11-10-17-15-8-4-5-9-16(15)18(12-19(17)21(23)24)20-13-14-6-2-1-3-7-14/h1-9,12,20,22H,10-11,13H2. The predicted molar refractivity (Wildman–Crippen MR) is 95.2 cm³/mol. The minimum Gasteiger partial charge on any atom is -0.396 e. The molecule has 0 aliphatic carbocycles. The van der Waals surface area contributed by atoms with Crippen LogP contribution < -0.4 is 5.32 Å². The summed E-state index contributed by atoms with van der Waals surface area (Å²) in [5.41, 5.74) is 2.44. The van der Waals surface area contributed by atoms with E-state index in [1.54, 1.807) is 6.07 Å². The van der Waals surface area contributed by atoms with Crippen molar-refractivity contribution in [2.75, 3.05) is 11.9 Å². The van der Waals surface area contributed by atoms with Crippen molar-refractivity contribution in [1.29, 1.82) is 0 Å². The average molecular weight is 322 g/mol. The highest BCUT2D eigenvalue weighted by Gasteiger charge is 2.19. The van der Waals surface area contributed by atoms with E-state index in [2.05, 4.69) is 5.32 Å². The minimum atomic E-state index is -0.384. The smallest absolute Gasteiger partial charge is 0.275 e. The number of aliphatic hydroxyl groups is 1. The van der Waals surface area contributed by atoms with Gasteiger partial charge in [-0.1, -0.05) is 54.6 Å². The summed E-state index contributed by atoms with van der Waals surface area (Å²) in [6.07, 6.45) is 0.260. The molecule has 3 rings (SSSR count). The summed E-state index contributed by atoms with van der Waals surface area (Å²) in [6, 6.07) is 19.0. The van der Waals surface area contributed by atoms with Gasteiger partial charge in [0.05, 0.1) is 4.92 Å². The van der Waals surface area contributed by atoms with Gasteiger partial charge in [-0.2, -0.15) is 0 Å². The van der Waals surface area contributed by atoms with Crippen molar-refractivity contribution < 1.29 is 10.0 Å². The zero-order chi connectivity index (χ0) is 16.9. The fourth-order valence-corrected chi connectivity index (χ4v) is 2.90. The number of nitro groups is 1. The van der Waals surface area contributed by atoms with Crippen molar-refractivity contribution >= 4 is 22.1 Å². The lowest BCUT2D eigenvalue weighted by Gasteiger charge is -2.13. The number of nitrogens with zero attached hydrogens (tertiary/aromatic N) is 1. The first kappa shape index (κ1) is 16.0. The Balaban J connectivity index is 2.07. The Labute approximate surface area is 139 Å². The van der Waals surface area contributed by atoms with Gasteiger partial charge in [-0.3, -0.25) is 10.1 Å². The van der Waals surface area contributed by atoms with E-state index in [1.807, 2.05) is 54.6 Å². The van der Waals surface area contributed by atoms with Crippen LogP contribution in [0.1, 0.15) is 11.1 Å². The number of benzene rings is 3. The van der Waals surface area contributed by atoms with E-state index in [0.29, 0.717) is 12.1 Å². The second-order valence-corrected chi connectivity index (χ2v) is 5.54. The Kier molecular flexibility index (Phi) is 4.72. The summed E-state index contributed by atoms with van der Waals surface area (Å²) < 4.78 is 0. The van der Waals surface area contributed by atoms with Gasteiger partial charge in [0.1, 0.15) is 0 Å². The van der Waals surface area contributed by atoms with Crippen molar-refractivity contribution in [3.8, 4) is 0 Å². The van der Waals surface area contributed by atoms with Gasteiger partial charge in [0.15, 0.2) is 0 Å². The SMILES string of the molecule is O=[N+]([O-])c1cc(NCc2ccccc2)c2ccccc2c1CCO. The number of aliphatic hydroxyl groups excluding tert-OH is 1. The lowest BCUT2D eigenvalue weighted by molar-refractivity contribution is -0.385. The molecular weight excluding hydrogens is 304 g/mol. The zero-order valence-corrected chi connectivity index (χ0v) is 13.1. The molecule has 122 valence electrons. The molecule has 0 spiro atoms. The molecule has 0 fully saturated rings. The Bertz CT molecular complexity index is 863. The first-order chi connectivity index (χ1) is 11.7. The van der Waals surface area contributed by atoms with Crippen LogP contribution in [-0.2, 0) is 13.0 Å². The Hall–Kier alpha value is -2.92. The molecule has 3 aromatic rings. The summed E-state index contributed by atoms with van der Waals surface area (Å²) in [4.78, 5) is 11.1. The molecule has 0 bridgehead atoms. The summed E-state index contributed by atoms with van der Waals surface area (Å²) in [6.45, 7) is 0.461. The largest absolute Gasteiger partial charge is 0.396 e. The van der Waals surface area contributed by atoms with E-state index < -0.39 is 0 Å². The van der Waals surface area contributed by atoms with E-state index in [4.69, 9.17) is 0 Å². The van der Waals surface area contributed by atoms with Gasteiger partial charge in [0, 0.05) is 42.3 Å². The highest BCUT2D eigenvalue weighted by molar-refractivity contribution is 5.98. The molecule has 24 heavy (non-hydrogen) atoms. The summed E-state index contributed by atoms with van der Waals surface area (Å²) in [5, 5.41) is 25.8. The number of nitrogens with one attached hydrogen (secondary N) is 1. The number of nitro benzene ring substituents is 1. The highest BCUT2D eigenvalue weighted by Crippen LogP contribution is 2.34. The van der Waals surface area contributed by atoms with Crippen LogP contribution >= 0.6 is 0 Å². The van der Waals surface area contributed by atoms with Crippen molar-refractivity contribution in [1.82, 2.24) is 0 Å².